The summed E-state index contributed by atoms with van der Waals surface area (Å²) in [6.45, 7) is 7.33. The summed E-state index contributed by atoms with van der Waals surface area (Å²) in [6.07, 6.45) is 2.94. The molecule has 3 N–H and O–H groups in total. The van der Waals surface area contributed by atoms with Crippen LogP contribution in [0.15, 0.2) is 73.1 Å². The van der Waals surface area contributed by atoms with Crippen LogP contribution in [0, 0.1) is 6.92 Å². The molecular weight excluding hydrogens is 494 g/mol. The molecule has 9 nitrogen and oxygen atoms in total. The average molecular weight is 528 g/mol. The lowest BCUT2D eigenvalue weighted by atomic mass is 10.1. The van der Waals surface area contributed by atoms with Crippen molar-refractivity contribution in [2.24, 2.45) is 14.1 Å². The van der Waals surface area contributed by atoms with Crippen LogP contribution in [0.25, 0.3) is 11.1 Å². The number of nitrogens with zero attached hydrogens (tertiary/aromatic N) is 2. The van der Waals surface area contributed by atoms with Gasteiger partial charge in [-0.15, -0.1) is 0 Å². The Morgan fingerprint density at radius 1 is 0.667 bits per heavy atom. The van der Waals surface area contributed by atoms with Gasteiger partial charge < -0.3 is 24.5 Å². The molecule has 0 saturated heterocycles. The van der Waals surface area contributed by atoms with Gasteiger partial charge in [-0.05, 0) is 69.7 Å². The first-order valence-electron chi connectivity index (χ1n) is 12.5. The van der Waals surface area contributed by atoms with E-state index in [0.717, 1.165) is 22.4 Å². The summed E-state index contributed by atoms with van der Waals surface area (Å²) in [5.74, 6) is -0.517. The number of nitrogens with one attached hydrogen (secondary N) is 3. The van der Waals surface area contributed by atoms with Gasteiger partial charge in [0.2, 0.25) is 0 Å². The first kappa shape index (κ1) is 27.3. The lowest BCUT2D eigenvalue weighted by Gasteiger charge is -2.19. The van der Waals surface area contributed by atoms with Gasteiger partial charge in [0.25, 0.3) is 11.8 Å². The minimum atomic E-state index is -0.625. The summed E-state index contributed by atoms with van der Waals surface area (Å²) >= 11 is 0. The fourth-order valence-corrected chi connectivity index (χ4v) is 4.00. The highest BCUT2D eigenvalue weighted by molar-refractivity contribution is 6.05. The van der Waals surface area contributed by atoms with Crippen molar-refractivity contribution in [2.75, 3.05) is 16.0 Å². The van der Waals surface area contributed by atoms with Gasteiger partial charge in [-0.3, -0.25) is 14.9 Å². The molecule has 0 atom stereocenters. The zero-order valence-corrected chi connectivity index (χ0v) is 23.0. The maximum absolute atomic E-state index is 12.9. The van der Waals surface area contributed by atoms with Crippen LogP contribution in [0.4, 0.5) is 21.9 Å². The van der Waals surface area contributed by atoms with E-state index in [4.69, 9.17) is 4.74 Å². The van der Waals surface area contributed by atoms with Gasteiger partial charge in [0.05, 0.1) is 5.69 Å². The second kappa shape index (κ2) is 10.9. The number of ether oxygens (including phenoxy) is 1. The van der Waals surface area contributed by atoms with Gasteiger partial charge in [0.15, 0.2) is 0 Å². The van der Waals surface area contributed by atoms with Crippen molar-refractivity contribution in [3.63, 3.8) is 0 Å². The minimum Gasteiger partial charge on any atom is -0.444 e. The molecule has 202 valence electrons. The summed E-state index contributed by atoms with van der Waals surface area (Å²) in [7, 11) is 3.55. The fraction of sp³-hybridized carbons (Fsp3) is 0.233. The van der Waals surface area contributed by atoms with Crippen molar-refractivity contribution >= 4 is 35.0 Å². The van der Waals surface area contributed by atoms with Crippen LogP contribution >= 0.6 is 0 Å². The molecule has 2 aromatic carbocycles. The van der Waals surface area contributed by atoms with Gasteiger partial charge >= 0.3 is 6.09 Å². The van der Waals surface area contributed by atoms with Crippen LogP contribution < -0.4 is 16.0 Å². The van der Waals surface area contributed by atoms with E-state index in [2.05, 4.69) is 16.0 Å². The summed E-state index contributed by atoms with van der Waals surface area (Å²) in [5.41, 5.74) is 4.99. The number of rotatable bonds is 6. The predicted octanol–water partition coefficient (Wildman–Crippen LogP) is 6.19. The number of carbonyl (C=O) groups excluding carboxylic acids is 3. The van der Waals surface area contributed by atoms with Gasteiger partial charge in [0, 0.05) is 43.4 Å². The van der Waals surface area contributed by atoms with Crippen molar-refractivity contribution in [1.82, 2.24) is 9.13 Å². The summed E-state index contributed by atoms with van der Waals surface area (Å²) in [5, 5.41) is 8.44. The maximum atomic E-state index is 12.9. The standard InChI is InChI=1S/C30H33N5O4/c1-19-7-11-22(12-8-19)31-27(36)25-15-21(17-34(25)5)20-9-13-23(14-10-20)32-28(37)26-16-24(18-35(26)6)33-29(38)39-30(2,3)4/h7-18H,1-6H3,(H,31,36)(H,32,37)(H,33,38). The molecule has 39 heavy (non-hydrogen) atoms. The summed E-state index contributed by atoms with van der Waals surface area (Å²) < 4.78 is 8.68. The Labute approximate surface area is 227 Å². The van der Waals surface area contributed by atoms with Gasteiger partial charge in [-0.25, -0.2) is 4.79 Å². The number of hydrogen-bond donors (Lipinski definition) is 3. The molecule has 0 unspecified atom stereocenters. The monoisotopic (exact) mass is 527 g/mol. The third kappa shape index (κ3) is 6.95. The SMILES string of the molecule is Cc1ccc(NC(=O)c2cc(-c3ccc(NC(=O)c4cc(NC(=O)OC(C)(C)C)cn4C)cc3)cn2C)cc1. The fourth-order valence-electron chi connectivity index (χ4n) is 4.00. The Kier molecular flexibility index (Phi) is 7.62. The van der Waals surface area contributed by atoms with Crippen molar-refractivity contribution < 1.29 is 19.1 Å². The van der Waals surface area contributed by atoms with E-state index in [0.29, 0.717) is 22.8 Å². The second-order valence-electron chi connectivity index (χ2n) is 10.4. The van der Waals surface area contributed by atoms with E-state index in [1.54, 1.807) is 61.3 Å². The smallest absolute Gasteiger partial charge is 0.412 e. The van der Waals surface area contributed by atoms with Crippen LogP contribution in [0.3, 0.4) is 0 Å². The molecule has 0 bridgehead atoms. The highest BCUT2D eigenvalue weighted by Crippen LogP contribution is 2.25. The molecule has 4 aromatic rings. The van der Waals surface area contributed by atoms with Crippen LogP contribution in [-0.4, -0.2) is 32.6 Å². The maximum Gasteiger partial charge on any atom is 0.412 e. The molecule has 9 heteroatoms. The minimum absolute atomic E-state index is 0.195. The third-order valence-corrected chi connectivity index (χ3v) is 5.91. The summed E-state index contributed by atoms with van der Waals surface area (Å²) in [6, 6.07) is 18.4. The van der Waals surface area contributed by atoms with E-state index in [-0.39, 0.29) is 11.8 Å². The van der Waals surface area contributed by atoms with E-state index >= 15 is 0 Å². The average Bonchev–Trinajstić information content (AvgIpc) is 3.42. The molecule has 2 aromatic heterocycles. The van der Waals surface area contributed by atoms with Crippen LogP contribution in [0.1, 0.15) is 47.3 Å². The molecule has 3 amide bonds. The van der Waals surface area contributed by atoms with Crippen LogP contribution in [0.2, 0.25) is 0 Å². The number of carbonyl (C=O) groups is 3. The topological polar surface area (TPSA) is 106 Å². The first-order chi connectivity index (χ1) is 18.4. The molecule has 0 fully saturated rings. The van der Waals surface area contributed by atoms with E-state index in [9.17, 15) is 14.4 Å². The van der Waals surface area contributed by atoms with Crippen molar-refractivity contribution in [2.45, 2.75) is 33.3 Å². The molecule has 2 heterocycles. The predicted molar refractivity (Wildman–Crippen MR) is 153 cm³/mol. The Hall–Kier alpha value is -4.79. The number of aromatic nitrogens is 2. The quantitative estimate of drug-likeness (QED) is 0.278. The molecule has 0 radical (unpaired) electrons. The Morgan fingerprint density at radius 3 is 1.74 bits per heavy atom. The zero-order valence-electron chi connectivity index (χ0n) is 23.0. The number of anilines is 3. The van der Waals surface area contributed by atoms with Gasteiger partial charge in [0.1, 0.15) is 17.0 Å². The van der Waals surface area contributed by atoms with Crippen molar-refractivity contribution in [3.8, 4) is 11.1 Å². The van der Waals surface area contributed by atoms with Gasteiger partial charge in [-0.1, -0.05) is 29.8 Å². The molecular formula is C30H33N5O4. The lowest BCUT2D eigenvalue weighted by molar-refractivity contribution is 0.0635. The van der Waals surface area contributed by atoms with E-state index in [1.807, 2.05) is 62.6 Å². The van der Waals surface area contributed by atoms with Crippen molar-refractivity contribution in [3.05, 3.63) is 90.0 Å². The second-order valence-corrected chi connectivity index (χ2v) is 10.4. The van der Waals surface area contributed by atoms with Gasteiger partial charge in [-0.2, -0.15) is 0 Å². The molecule has 0 aliphatic carbocycles. The number of aryl methyl sites for hydroxylation is 3. The zero-order chi connectivity index (χ0) is 28.3. The highest BCUT2D eigenvalue weighted by atomic mass is 16.6. The molecule has 0 aliphatic rings. The molecule has 0 saturated carbocycles. The van der Waals surface area contributed by atoms with Crippen molar-refractivity contribution in [1.29, 1.82) is 0 Å². The van der Waals surface area contributed by atoms with E-state index < -0.39 is 11.7 Å². The molecule has 0 aliphatic heterocycles. The summed E-state index contributed by atoms with van der Waals surface area (Å²) in [4.78, 5) is 37.7. The highest BCUT2D eigenvalue weighted by Gasteiger charge is 2.19. The Bertz CT molecular complexity index is 1510. The number of benzene rings is 2. The largest absolute Gasteiger partial charge is 0.444 e. The van der Waals surface area contributed by atoms with Crippen LogP contribution in [-0.2, 0) is 18.8 Å². The first-order valence-corrected chi connectivity index (χ1v) is 12.5. The van der Waals surface area contributed by atoms with Crippen LogP contribution in [0.5, 0.6) is 0 Å². The molecule has 0 spiro atoms. The molecule has 4 rings (SSSR count). The lowest BCUT2D eigenvalue weighted by Crippen LogP contribution is -2.27. The normalized spacial score (nSPS) is 11.1. The number of hydrogen-bond acceptors (Lipinski definition) is 4. The Balaban J connectivity index is 1.41. The number of amides is 3. The third-order valence-electron chi connectivity index (χ3n) is 5.91. The Morgan fingerprint density at radius 2 is 1.18 bits per heavy atom. The van der Waals surface area contributed by atoms with E-state index in [1.165, 1.54) is 0 Å².